The van der Waals surface area contributed by atoms with Gasteiger partial charge in [0, 0.05) is 24.9 Å². The average molecular weight is 496 g/mol. The molecule has 186 valence electrons. The number of imidazole rings is 1. The molecule has 0 radical (unpaired) electrons. The lowest BCUT2D eigenvalue weighted by Crippen LogP contribution is -2.08. The van der Waals surface area contributed by atoms with Gasteiger partial charge in [-0.3, -0.25) is 9.98 Å². The lowest BCUT2D eigenvalue weighted by atomic mass is 10.0. The van der Waals surface area contributed by atoms with Crippen molar-refractivity contribution in [1.29, 1.82) is 0 Å². The summed E-state index contributed by atoms with van der Waals surface area (Å²) in [4.78, 5) is 28.1. The smallest absolute Gasteiger partial charge is 0.157 e. The van der Waals surface area contributed by atoms with E-state index in [1.807, 2.05) is 13.6 Å². The van der Waals surface area contributed by atoms with E-state index in [2.05, 4.69) is 32.2 Å². The van der Waals surface area contributed by atoms with Gasteiger partial charge in [0.05, 0.1) is 46.4 Å². The molecule has 0 atom stereocenters. The molecule has 8 nitrogen and oxygen atoms in total. The zero-order valence-electron chi connectivity index (χ0n) is 19.6. The summed E-state index contributed by atoms with van der Waals surface area (Å²) in [6.45, 7) is 9.58. The van der Waals surface area contributed by atoms with E-state index in [-0.39, 0.29) is 16.9 Å². The number of rotatable bonds is 6. The van der Waals surface area contributed by atoms with Crippen LogP contribution in [-0.2, 0) is 9.59 Å². The molecule has 0 unspecified atom stereocenters. The Morgan fingerprint density at radius 1 is 1.06 bits per heavy atom. The number of hydrogen-bond donors (Lipinski definition) is 2. The molecule has 0 aliphatic heterocycles. The summed E-state index contributed by atoms with van der Waals surface area (Å²) in [5.74, 6) is -2.10. The second-order valence-electron chi connectivity index (χ2n) is 7.01. The first kappa shape index (κ1) is 27.4. The number of benzene rings is 1. The van der Waals surface area contributed by atoms with Crippen LogP contribution in [0.1, 0.15) is 11.4 Å². The summed E-state index contributed by atoms with van der Waals surface area (Å²) >= 11 is 0. The molecular weight excluding hydrogens is 473 g/mol. The van der Waals surface area contributed by atoms with Crippen LogP contribution in [0.5, 0.6) is 0 Å². The SMILES string of the molecule is C=C(NC=NC)c1ncn2cc(-c3c(F)ccc(Nc4cc(F)cnc4C)c3F)ccc12.C=O.C=O. The maximum atomic E-state index is 15.3. The number of hydrogen-bond acceptors (Lipinski definition) is 6. The zero-order valence-corrected chi connectivity index (χ0v) is 19.6. The highest BCUT2D eigenvalue weighted by molar-refractivity contribution is 5.81. The van der Waals surface area contributed by atoms with Gasteiger partial charge < -0.3 is 24.6 Å². The van der Waals surface area contributed by atoms with Crippen LogP contribution in [0.4, 0.5) is 24.5 Å². The van der Waals surface area contributed by atoms with E-state index < -0.39 is 17.5 Å². The second-order valence-corrected chi connectivity index (χ2v) is 7.01. The van der Waals surface area contributed by atoms with Gasteiger partial charge in [0.15, 0.2) is 5.82 Å². The van der Waals surface area contributed by atoms with Gasteiger partial charge in [0.1, 0.15) is 37.2 Å². The number of aryl methyl sites for hydroxylation is 1. The van der Waals surface area contributed by atoms with E-state index in [9.17, 15) is 8.78 Å². The normalized spacial score (nSPS) is 10.2. The van der Waals surface area contributed by atoms with Gasteiger partial charge in [-0.2, -0.15) is 0 Å². The Morgan fingerprint density at radius 3 is 2.47 bits per heavy atom. The van der Waals surface area contributed by atoms with Crippen LogP contribution < -0.4 is 10.6 Å². The van der Waals surface area contributed by atoms with E-state index >= 15 is 4.39 Å². The minimum Gasteiger partial charge on any atom is -0.352 e. The van der Waals surface area contributed by atoms with Crippen molar-refractivity contribution in [2.24, 2.45) is 4.99 Å². The molecule has 2 N–H and O–H groups in total. The predicted octanol–water partition coefficient (Wildman–Crippen LogP) is 4.71. The number of nitrogens with zero attached hydrogens (tertiary/aromatic N) is 4. The topological polar surface area (TPSA) is 101 Å². The molecule has 0 saturated carbocycles. The van der Waals surface area contributed by atoms with Crippen LogP contribution in [0, 0.1) is 24.4 Å². The third-order valence-electron chi connectivity index (χ3n) is 4.89. The second kappa shape index (κ2) is 12.6. The molecule has 3 aromatic heterocycles. The predicted molar refractivity (Wildman–Crippen MR) is 134 cm³/mol. The number of aromatic nitrogens is 3. The van der Waals surface area contributed by atoms with Crippen LogP contribution in [0.2, 0.25) is 0 Å². The largest absolute Gasteiger partial charge is 0.352 e. The highest BCUT2D eigenvalue weighted by Crippen LogP contribution is 2.33. The molecule has 0 bridgehead atoms. The first-order chi connectivity index (χ1) is 17.4. The summed E-state index contributed by atoms with van der Waals surface area (Å²) in [6, 6.07) is 6.92. The highest BCUT2D eigenvalue weighted by atomic mass is 19.1. The van der Waals surface area contributed by atoms with E-state index in [1.54, 1.807) is 36.7 Å². The maximum absolute atomic E-state index is 15.3. The molecule has 36 heavy (non-hydrogen) atoms. The minimum atomic E-state index is -0.807. The van der Waals surface area contributed by atoms with E-state index in [0.29, 0.717) is 28.2 Å². The molecule has 0 fully saturated rings. The van der Waals surface area contributed by atoms with Gasteiger partial charge in [-0.1, -0.05) is 12.6 Å². The summed E-state index contributed by atoms with van der Waals surface area (Å²) in [7, 11) is 1.62. The lowest BCUT2D eigenvalue weighted by molar-refractivity contribution is -0.0987. The fourth-order valence-electron chi connectivity index (χ4n) is 3.28. The highest BCUT2D eigenvalue weighted by Gasteiger charge is 2.18. The first-order valence-corrected chi connectivity index (χ1v) is 10.2. The Balaban J connectivity index is 0.00000109. The number of fused-ring (bicyclic) bond motifs is 1. The van der Waals surface area contributed by atoms with Gasteiger partial charge in [-0.25, -0.2) is 18.2 Å². The van der Waals surface area contributed by atoms with Crippen LogP contribution in [0.3, 0.4) is 0 Å². The summed E-state index contributed by atoms with van der Waals surface area (Å²) in [6.07, 6.45) is 5.67. The summed E-state index contributed by atoms with van der Waals surface area (Å²) in [5.41, 5.74) is 2.68. The third kappa shape index (κ3) is 5.81. The van der Waals surface area contributed by atoms with Crippen LogP contribution >= 0.6 is 0 Å². The number of pyridine rings is 2. The standard InChI is InChI=1S/C23H19F3N6.2CH2O/c1-13-19(8-16(24)9-28-13)31-18-6-5-17(25)21(22(18)26)15-4-7-20-23(14(2)29-11-27-3)30-12-32(20)10-15;2*1-2/h4-12,31H,2H2,1,3H3,(H,27,29);2*1H2. The molecule has 0 spiro atoms. The minimum absolute atomic E-state index is 0.000234. The quantitative estimate of drug-likeness (QED) is 0.296. The van der Waals surface area contributed by atoms with Crippen molar-refractivity contribution < 1.29 is 22.8 Å². The van der Waals surface area contributed by atoms with Crippen molar-refractivity contribution >= 4 is 42.5 Å². The Kier molecular flexibility index (Phi) is 9.61. The molecular formula is C25H23F3N6O2. The van der Waals surface area contributed by atoms with E-state index in [4.69, 9.17) is 9.59 Å². The number of aliphatic imine (C=N–C) groups is 1. The number of carbonyl (C=O) groups is 2. The molecule has 4 aromatic rings. The third-order valence-corrected chi connectivity index (χ3v) is 4.89. The van der Waals surface area contributed by atoms with Crippen molar-refractivity contribution in [3.05, 3.63) is 84.5 Å². The monoisotopic (exact) mass is 496 g/mol. The van der Waals surface area contributed by atoms with Gasteiger partial charge >= 0.3 is 0 Å². The summed E-state index contributed by atoms with van der Waals surface area (Å²) < 4.78 is 45.2. The zero-order chi connectivity index (χ0) is 26.8. The van der Waals surface area contributed by atoms with Gasteiger partial charge in [-0.05, 0) is 25.1 Å². The van der Waals surface area contributed by atoms with Crippen molar-refractivity contribution in [1.82, 2.24) is 19.7 Å². The molecule has 4 rings (SSSR count). The lowest BCUT2D eigenvalue weighted by Gasteiger charge is -2.14. The number of nitrogens with one attached hydrogen (secondary N) is 2. The number of carbonyl (C=O) groups excluding carboxylic acids is 2. The van der Waals surface area contributed by atoms with Gasteiger partial charge in [0.2, 0.25) is 0 Å². The first-order valence-electron chi connectivity index (χ1n) is 10.2. The molecule has 0 aliphatic carbocycles. The molecule has 0 amide bonds. The Hall–Kier alpha value is -4.80. The Bertz CT molecular complexity index is 1400. The summed E-state index contributed by atoms with van der Waals surface area (Å²) in [5, 5.41) is 5.71. The number of halogens is 3. The number of anilines is 2. The molecule has 3 heterocycles. The fraction of sp³-hybridized carbons (Fsp3) is 0.0800. The van der Waals surface area contributed by atoms with Crippen molar-refractivity contribution in [3.8, 4) is 11.1 Å². The maximum Gasteiger partial charge on any atom is 0.157 e. The van der Waals surface area contributed by atoms with Crippen molar-refractivity contribution in [2.75, 3.05) is 12.4 Å². The Labute approximate surface area is 205 Å². The van der Waals surface area contributed by atoms with Crippen LogP contribution in [0.25, 0.3) is 22.3 Å². The van der Waals surface area contributed by atoms with Crippen LogP contribution in [-0.4, -0.2) is 41.3 Å². The van der Waals surface area contributed by atoms with Crippen LogP contribution in [0.15, 0.2) is 60.6 Å². The Morgan fingerprint density at radius 2 is 1.78 bits per heavy atom. The molecule has 11 heteroatoms. The fourth-order valence-corrected chi connectivity index (χ4v) is 3.28. The molecule has 0 aliphatic rings. The average Bonchev–Trinajstić information content (AvgIpc) is 3.32. The van der Waals surface area contributed by atoms with Gasteiger partial charge in [0.25, 0.3) is 0 Å². The van der Waals surface area contributed by atoms with Crippen molar-refractivity contribution in [3.63, 3.8) is 0 Å². The molecule has 0 saturated heterocycles. The van der Waals surface area contributed by atoms with E-state index in [1.165, 1.54) is 24.8 Å². The van der Waals surface area contributed by atoms with Gasteiger partial charge in [-0.15, -0.1) is 0 Å². The van der Waals surface area contributed by atoms with Crippen molar-refractivity contribution in [2.45, 2.75) is 6.92 Å². The molecule has 1 aromatic carbocycles. The van der Waals surface area contributed by atoms with E-state index in [0.717, 1.165) is 12.3 Å².